The summed E-state index contributed by atoms with van der Waals surface area (Å²) < 4.78 is 0. The van der Waals surface area contributed by atoms with Crippen molar-refractivity contribution in [1.82, 2.24) is 9.88 Å². The van der Waals surface area contributed by atoms with Crippen LogP contribution in [0.4, 0.5) is 0 Å². The Labute approximate surface area is 111 Å². The van der Waals surface area contributed by atoms with E-state index in [4.69, 9.17) is 5.73 Å². The number of likely N-dealkylation sites (N-methyl/N-ethyl adjacent to an activating group) is 1. The molecule has 0 atom stereocenters. The number of rotatable bonds is 4. The van der Waals surface area contributed by atoms with E-state index in [0.717, 1.165) is 30.7 Å². The van der Waals surface area contributed by atoms with E-state index in [-0.39, 0.29) is 5.91 Å². The fraction of sp³-hybridized carbons (Fsp3) is 0.667. The topological polar surface area (TPSA) is 79.5 Å². The summed E-state index contributed by atoms with van der Waals surface area (Å²) in [7, 11) is 1.71. The SMILES string of the molecule is CN(CC1(O)CCCC1)C(=O)c1csc(CN)n1. The number of aromatic nitrogens is 1. The van der Waals surface area contributed by atoms with Crippen molar-refractivity contribution >= 4 is 17.2 Å². The average molecular weight is 269 g/mol. The van der Waals surface area contributed by atoms with Crippen LogP contribution in [0.2, 0.25) is 0 Å². The van der Waals surface area contributed by atoms with Gasteiger partial charge in [-0.2, -0.15) is 0 Å². The number of nitrogens with two attached hydrogens (primary N) is 1. The Morgan fingerprint density at radius 1 is 1.61 bits per heavy atom. The van der Waals surface area contributed by atoms with Gasteiger partial charge in [0.05, 0.1) is 5.60 Å². The predicted molar refractivity (Wildman–Crippen MR) is 70.4 cm³/mol. The summed E-state index contributed by atoms with van der Waals surface area (Å²) in [6.07, 6.45) is 3.62. The third kappa shape index (κ3) is 2.88. The molecule has 1 saturated carbocycles. The molecule has 0 bridgehead atoms. The molecule has 1 aliphatic carbocycles. The van der Waals surface area contributed by atoms with Crippen LogP contribution in [0.1, 0.15) is 41.2 Å². The van der Waals surface area contributed by atoms with Gasteiger partial charge in [-0.25, -0.2) is 4.98 Å². The Kier molecular flexibility index (Phi) is 3.99. The lowest BCUT2D eigenvalue weighted by Gasteiger charge is -2.28. The summed E-state index contributed by atoms with van der Waals surface area (Å²) in [6, 6.07) is 0. The predicted octanol–water partition coefficient (Wildman–Crippen LogP) is 0.979. The number of amides is 1. The first-order valence-electron chi connectivity index (χ1n) is 6.16. The highest BCUT2D eigenvalue weighted by Crippen LogP contribution is 2.30. The molecule has 0 radical (unpaired) electrons. The quantitative estimate of drug-likeness (QED) is 0.854. The number of aliphatic hydroxyl groups is 1. The number of hydrogen-bond donors (Lipinski definition) is 2. The van der Waals surface area contributed by atoms with Crippen LogP contribution in [0, 0.1) is 0 Å². The van der Waals surface area contributed by atoms with Crippen molar-refractivity contribution in [3.8, 4) is 0 Å². The summed E-state index contributed by atoms with van der Waals surface area (Å²) in [5, 5.41) is 12.8. The Morgan fingerprint density at radius 2 is 2.28 bits per heavy atom. The van der Waals surface area contributed by atoms with Crippen molar-refractivity contribution < 1.29 is 9.90 Å². The Hall–Kier alpha value is -0.980. The molecule has 0 saturated heterocycles. The molecule has 6 heteroatoms. The molecule has 1 amide bonds. The van der Waals surface area contributed by atoms with Crippen LogP contribution in [-0.4, -0.2) is 40.1 Å². The van der Waals surface area contributed by atoms with Gasteiger partial charge in [0.25, 0.3) is 5.91 Å². The zero-order chi connectivity index (χ0) is 13.2. The first kappa shape index (κ1) is 13.5. The molecule has 0 aromatic carbocycles. The van der Waals surface area contributed by atoms with Crippen molar-refractivity contribution in [2.45, 2.75) is 37.8 Å². The fourth-order valence-corrected chi connectivity index (χ4v) is 3.05. The van der Waals surface area contributed by atoms with Crippen LogP contribution >= 0.6 is 11.3 Å². The van der Waals surface area contributed by atoms with Gasteiger partial charge in [0.2, 0.25) is 0 Å². The van der Waals surface area contributed by atoms with E-state index in [1.54, 1.807) is 17.3 Å². The standard InChI is InChI=1S/C12H19N3O2S/c1-15(8-12(17)4-2-3-5-12)11(16)9-7-18-10(6-13)14-9/h7,17H,2-6,8,13H2,1H3. The molecular weight excluding hydrogens is 250 g/mol. The highest BCUT2D eigenvalue weighted by molar-refractivity contribution is 7.09. The minimum Gasteiger partial charge on any atom is -0.388 e. The van der Waals surface area contributed by atoms with Gasteiger partial charge in [0.1, 0.15) is 10.7 Å². The Balaban J connectivity index is 2.00. The normalized spacial score (nSPS) is 17.9. The Morgan fingerprint density at radius 3 is 2.83 bits per heavy atom. The molecule has 1 fully saturated rings. The summed E-state index contributed by atoms with van der Waals surface area (Å²) in [6.45, 7) is 0.729. The number of thiazole rings is 1. The molecular formula is C12H19N3O2S. The number of carbonyl (C=O) groups is 1. The molecule has 2 rings (SSSR count). The maximum atomic E-state index is 12.1. The van der Waals surface area contributed by atoms with Crippen molar-refractivity contribution in [2.75, 3.05) is 13.6 Å². The fourth-order valence-electron chi connectivity index (χ4n) is 2.40. The molecule has 1 aliphatic rings. The highest BCUT2D eigenvalue weighted by atomic mass is 32.1. The third-order valence-electron chi connectivity index (χ3n) is 3.36. The van der Waals surface area contributed by atoms with E-state index in [0.29, 0.717) is 18.8 Å². The molecule has 0 aliphatic heterocycles. The van der Waals surface area contributed by atoms with Crippen LogP contribution in [0.15, 0.2) is 5.38 Å². The van der Waals surface area contributed by atoms with Crippen molar-refractivity contribution in [2.24, 2.45) is 5.73 Å². The van der Waals surface area contributed by atoms with E-state index in [2.05, 4.69) is 4.98 Å². The second-order valence-electron chi connectivity index (χ2n) is 4.92. The first-order valence-corrected chi connectivity index (χ1v) is 7.04. The monoisotopic (exact) mass is 269 g/mol. The van der Waals surface area contributed by atoms with E-state index in [1.165, 1.54) is 11.3 Å². The van der Waals surface area contributed by atoms with Crippen LogP contribution in [-0.2, 0) is 6.54 Å². The van der Waals surface area contributed by atoms with E-state index in [9.17, 15) is 9.90 Å². The van der Waals surface area contributed by atoms with Gasteiger partial charge in [-0.1, -0.05) is 12.8 Å². The van der Waals surface area contributed by atoms with Gasteiger partial charge in [-0.3, -0.25) is 4.79 Å². The number of carbonyl (C=O) groups excluding carboxylic acids is 1. The zero-order valence-corrected chi connectivity index (χ0v) is 11.4. The highest BCUT2D eigenvalue weighted by Gasteiger charge is 2.33. The smallest absolute Gasteiger partial charge is 0.273 e. The molecule has 1 heterocycles. The molecule has 1 aromatic heterocycles. The first-order chi connectivity index (χ1) is 8.54. The van der Waals surface area contributed by atoms with Crippen molar-refractivity contribution in [3.05, 3.63) is 16.1 Å². The molecule has 100 valence electrons. The summed E-state index contributed by atoms with van der Waals surface area (Å²) in [4.78, 5) is 17.8. The summed E-state index contributed by atoms with van der Waals surface area (Å²) in [5.41, 5.74) is 5.19. The van der Waals surface area contributed by atoms with Crippen LogP contribution in [0.25, 0.3) is 0 Å². The maximum absolute atomic E-state index is 12.1. The molecule has 0 spiro atoms. The van der Waals surface area contributed by atoms with Gasteiger partial charge < -0.3 is 15.7 Å². The maximum Gasteiger partial charge on any atom is 0.273 e. The van der Waals surface area contributed by atoms with E-state index >= 15 is 0 Å². The molecule has 18 heavy (non-hydrogen) atoms. The van der Waals surface area contributed by atoms with Gasteiger partial charge in [-0.05, 0) is 12.8 Å². The number of nitrogens with zero attached hydrogens (tertiary/aromatic N) is 2. The van der Waals surface area contributed by atoms with Gasteiger partial charge in [0.15, 0.2) is 0 Å². The zero-order valence-electron chi connectivity index (χ0n) is 10.6. The summed E-state index contributed by atoms with van der Waals surface area (Å²) >= 11 is 1.39. The van der Waals surface area contributed by atoms with E-state index in [1.807, 2.05) is 0 Å². The largest absolute Gasteiger partial charge is 0.388 e. The minimum absolute atomic E-state index is 0.147. The van der Waals surface area contributed by atoms with Gasteiger partial charge >= 0.3 is 0 Å². The molecule has 0 unspecified atom stereocenters. The van der Waals surface area contributed by atoms with E-state index < -0.39 is 5.60 Å². The Bertz CT molecular complexity index is 427. The second-order valence-corrected chi connectivity index (χ2v) is 5.87. The van der Waals surface area contributed by atoms with Crippen LogP contribution < -0.4 is 5.73 Å². The van der Waals surface area contributed by atoms with Crippen LogP contribution in [0.3, 0.4) is 0 Å². The lowest BCUT2D eigenvalue weighted by atomic mass is 10.0. The molecule has 3 N–H and O–H groups in total. The second kappa shape index (κ2) is 5.34. The molecule has 5 nitrogen and oxygen atoms in total. The summed E-state index contributed by atoms with van der Waals surface area (Å²) in [5.74, 6) is -0.147. The van der Waals surface area contributed by atoms with Gasteiger partial charge in [0, 0.05) is 25.5 Å². The average Bonchev–Trinajstić information content (AvgIpc) is 2.96. The van der Waals surface area contributed by atoms with Crippen molar-refractivity contribution in [1.29, 1.82) is 0 Å². The van der Waals surface area contributed by atoms with Crippen molar-refractivity contribution in [3.63, 3.8) is 0 Å². The minimum atomic E-state index is -0.711. The van der Waals surface area contributed by atoms with Gasteiger partial charge in [-0.15, -0.1) is 11.3 Å². The lowest BCUT2D eigenvalue weighted by molar-refractivity contribution is 0.0155. The molecule has 1 aromatic rings. The number of hydrogen-bond acceptors (Lipinski definition) is 5. The third-order valence-corrected chi connectivity index (χ3v) is 4.23. The van der Waals surface area contributed by atoms with Crippen LogP contribution in [0.5, 0.6) is 0 Å². The lowest BCUT2D eigenvalue weighted by Crippen LogP contribution is -2.42.